The second-order valence-corrected chi connectivity index (χ2v) is 4.34. The maximum Gasteiger partial charge on any atom is 0.140 e. The summed E-state index contributed by atoms with van der Waals surface area (Å²) in [6.07, 6.45) is 1.63. The summed E-state index contributed by atoms with van der Waals surface area (Å²) in [6.45, 7) is 4.21. The van der Waals surface area contributed by atoms with Gasteiger partial charge < -0.3 is 10.1 Å². The molecule has 0 radical (unpaired) electrons. The zero-order valence-corrected chi connectivity index (χ0v) is 11.5. The fraction of sp³-hybridized carbons (Fsp3) is 0.250. The molecule has 0 bridgehead atoms. The van der Waals surface area contributed by atoms with Crippen molar-refractivity contribution in [3.05, 3.63) is 59.4 Å². The normalized spacial score (nSPS) is 10.0. The van der Waals surface area contributed by atoms with Gasteiger partial charge in [-0.3, -0.25) is 0 Å². The Hall–Kier alpha value is -2.38. The monoisotopic (exact) mass is 267 g/mol. The van der Waals surface area contributed by atoms with Gasteiger partial charge in [0.1, 0.15) is 24.1 Å². The predicted octanol–water partition coefficient (Wildman–Crippen LogP) is 2.64. The Morgan fingerprint density at radius 1 is 1.30 bits per heavy atom. The number of aromatic nitrogens is 1. The molecule has 0 unspecified atom stereocenters. The summed E-state index contributed by atoms with van der Waals surface area (Å²) >= 11 is 0. The fourth-order valence-corrected chi connectivity index (χ4v) is 1.84. The molecular formula is C16H17N3O. The van der Waals surface area contributed by atoms with E-state index in [0.29, 0.717) is 12.3 Å². The Bertz CT molecular complexity index is 605. The highest BCUT2D eigenvalue weighted by Crippen LogP contribution is 2.19. The summed E-state index contributed by atoms with van der Waals surface area (Å²) in [4.78, 5) is 3.94. The van der Waals surface area contributed by atoms with E-state index in [0.717, 1.165) is 30.0 Å². The lowest BCUT2D eigenvalue weighted by molar-refractivity contribution is 0.302. The van der Waals surface area contributed by atoms with Gasteiger partial charge in [-0.05, 0) is 30.3 Å². The minimum atomic E-state index is 0.409. The highest BCUT2D eigenvalue weighted by atomic mass is 16.5. The molecule has 20 heavy (non-hydrogen) atoms. The van der Waals surface area contributed by atoms with Crippen molar-refractivity contribution >= 4 is 0 Å². The molecule has 0 spiro atoms. The molecule has 0 saturated carbocycles. The lowest BCUT2D eigenvalue weighted by Crippen LogP contribution is -2.12. The van der Waals surface area contributed by atoms with Crippen molar-refractivity contribution in [1.29, 1.82) is 5.26 Å². The smallest absolute Gasteiger partial charge is 0.140 e. The van der Waals surface area contributed by atoms with Gasteiger partial charge >= 0.3 is 0 Å². The molecular weight excluding hydrogens is 250 g/mol. The van der Waals surface area contributed by atoms with Gasteiger partial charge in [-0.2, -0.15) is 5.26 Å². The Morgan fingerprint density at radius 2 is 2.15 bits per heavy atom. The number of nitrogens with zero attached hydrogens (tertiary/aromatic N) is 2. The molecule has 0 aliphatic carbocycles. The van der Waals surface area contributed by atoms with E-state index in [2.05, 4.69) is 17.2 Å². The molecule has 0 amide bonds. The standard InChI is InChI=1S/C16H17N3O/c1-2-18-11-14-5-3-4-6-16(14)20-12-13-7-8-19-15(9-13)10-17/h3-9,18H,2,11-12H2,1H3. The van der Waals surface area contributed by atoms with E-state index >= 15 is 0 Å². The first kappa shape index (κ1) is 14.0. The van der Waals surface area contributed by atoms with Gasteiger partial charge in [-0.25, -0.2) is 4.98 Å². The Balaban J connectivity index is 2.05. The second-order valence-electron chi connectivity index (χ2n) is 4.34. The number of rotatable bonds is 6. The quantitative estimate of drug-likeness (QED) is 0.874. The molecule has 102 valence electrons. The highest BCUT2D eigenvalue weighted by Gasteiger charge is 2.03. The third-order valence-electron chi connectivity index (χ3n) is 2.87. The van der Waals surface area contributed by atoms with E-state index in [1.807, 2.05) is 36.4 Å². The number of ether oxygens (including phenoxy) is 1. The first-order valence-corrected chi connectivity index (χ1v) is 6.60. The number of nitrogens with one attached hydrogen (secondary N) is 1. The van der Waals surface area contributed by atoms with Gasteiger partial charge in [0.15, 0.2) is 0 Å². The highest BCUT2D eigenvalue weighted by molar-refractivity contribution is 5.33. The maximum atomic E-state index is 8.83. The third kappa shape index (κ3) is 3.81. The molecule has 1 aromatic carbocycles. The predicted molar refractivity (Wildman–Crippen MR) is 77.1 cm³/mol. The lowest BCUT2D eigenvalue weighted by Gasteiger charge is -2.11. The first-order valence-electron chi connectivity index (χ1n) is 6.60. The van der Waals surface area contributed by atoms with Crippen LogP contribution in [0.5, 0.6) is 5.75 Å². The second kappa shape index (κ2) is 7.27. The lowest BCUT2D eigenvalue weighted by atomic mass is 10.2. The van der Waals surface area contributed by atoms with Crippen LogP contribution in [-0.2, 0) is 13.2 Å². The van der Waals surface area contributed by atoms with Crippen LogP contribution in [0.4, 0.5) is 0 Å². The first-order chi connectivity index (χ1) is 9.83. The van der Waals surface area contributed by atoms with Crippen molar-refractivity contribution in [2.24, 2.45) is 0 Å². The maximum absolute atomic E-state index is 8.83. The molecule has 0 saturated heterocycles. The number of benzene rings is 1. The van der Waals surface area contributed by atoms with Crippen LogP contribution in [0.2, 0.25) is 0 Å². The van der Waals surface area contributed by atoms with E-state index < -0.39 is 0 Å². The Labute approximate surface area is 119 Å². The Kier molecular flexibility index (Phi) is 5.10. The molecule has 0 aliphatic heterocycles. The van der Waals surface area contributed by atoms with Gasteiger partial charge in [-0.1, -0.05) is 25.1 Å². The molecule has 4 heteroatoms. The van der Waals surface area contributed by atoms with Gasteiger partial charge in [-0.15, -0.1) is 0 Å². The van der Waals surface area contributed by atoms with Gasteiger partial charge in [0.25, 0.3) is 0 Å². The van der Waals surface area contributed by atoms with Crippen LogP contribution in [-0.4, -0.2) is 11.5 Å². The molecule has 0 fully saturated rings. The van der Waals surface area contributed by atoms with Crippen LogP contribution in [0, 0.1) is 11.3 Å². The average molecular weight is 267 g/mol. The van der Waals surface area contributed by atoms with E-state index in [1.54, 1.807) is 12.3 Å². The number of pyridine rings is 1. The largest absolute Gasteiger partial charge is 0.489 e. The van der Waals surface area contributed by atoms with Crippen molar-refractivity contribution < 1.29 is 4.74 Å². The van der Waals surface area contributed by atoms with Crippen molar-refractivity contribution in [3.63, 3.8) is 0 Å². The van der Waals surface area contributed by atoms with E-state index in [4.69, 9.17) is 10.00 Å². The summed E-state index contributed by atoms with van der Waals surface area (Å²) in [5.74, 6) is 0.865. The van der Waals surface area contributed by atoms with Crippen LogP contribution < -0.4 is 10.1 Å². The number of para-hydroxylation sites is 1. The minimum Gasteiger partial charge on any atom is -0.489 e. The zero-order valence-electron chi connectivity index (χ0n) is 11.5. The van der Waals surface area contributed by atoms with Gasteiger partial charge in [0.05, 0.1) is 0 Å². The number of hydrogen-bond donors (Lipinski definition) is 1. The third-order valence-corrected chi connectivity index (χ3v) is 2.87. The molecule has 2 rings (SSSR count). The van der Waals surface area contributed by atoms with Crippen LogP contribution in [0.3, 0.4) is 0 Å². The van der Waals surface area contributed by atoms with E-state index in [9.17, 15) is 0 Å². The molecule has 2 aromatic rings. The topological polar surface area (TPSA) is 57.9 Å². The fourth-order valence-electron chi connectivity index (χ4n) is 1.84. The van der Waals surface area contributed by atoms with Gasteiger partial charge in [0.2, 0.25) is 0 Å². The molecule has 4 nitrogen and oxygen atoms in total. The summed E-state index contributed by atoms with van der Waals surface area (Å²) < 4.78 is 5.84. The molecule has 1 N–H and O–H groups in total. The summed E-state index contributed by atoms with van der Waals surface area (Å²) in [7, 11) is 0. The summed E-state index contributed by atoms with van der Waals surface area (Å²) in [5.41, 5.74) is 2.48. The Morgan fingerprint density at radius 3 is 2.95 bits per heavy atom. The van der Waals surface area contributed by atoms with Crippen LogP contribution in [0.25, 0.3) is 0 Å². The van der Waals surface area contributed by atoms with E-state index in [1.165, 1.54) is 0 Å². The number of hydrogen-bond acceptors (Lipinski definition) is 4. The van der Waals surface area contributed by atoms with Crippen molar-refractivity contribution in [2.75, 3.05) is 6.54 Å². The average Bonchev–Trinajstić information content (AvgIpc) is 2.52. The zero-order chi connectivity index (χ0) is 14.2. The van der Waals surface area contributed by atoms with Crippen molar-refractivity contribution in [3.8, 4) is 11.8 Å². The molecule has 0 atom stereocenters. The van der Waals surface area contributed by atoms with Gasteiger partial charge in [0, 0.05) is 18.3 Å². The molecule has 0 aliphatic rings. The van der Waals surface area contributed by atoms with Crippen molar-refractivity contribution in [1.82, 2.24) is 10.3 Å². The summed E-state index contributed by atoms with van der Waals surface area (Å²) in [6, 6.07) is 13.6. The molecule has 1 heterocycles. The van der Waals surface area contributed by atoms with Crippen molar-refractivity contribution in [2.45, 2.75) is 20.1 Å². The molecule has 1 aromatic heterocycles. The summed E-state index contributed by atoms with van der Waals surface area (Å²) in [5, 5.41) is 12.1. The van der Waals surface area contributed by atoms with Crippen LogP contribution in [0.15, 0.2) is 42.6 Å². The van der Waals surface area contributed by atoms with Crippen LogP contribution in [0.1, 0.15) is 23.7 Å². The van der Waals surface area contributed by atoms with E-state index in [-0.39, 0.29) is 0 Å². The van der Waals surface area contributed by atoms with Crippen LogP contribution >= 0.6 is 0 Å². The minimum absolute atomic E-state index is 0.409. The number of nitriles is 1. The SMILES string of the molecule is CCNCc1ccccc1OCc1ccnc(C#N)c1.